The minimum atomic E-state index is -1.08. The van der Waals surface area contributed by atoms with Crippen molar-refractivity contribution in [1.82, 2.24) is 15.2 Å². The molecule has 0 unspecified atom stereocenters. The molecule has 0 aliphatic carbocycles. The van der Waals surface area contributed by atoms with Crippen LogP contribution in [0.4, 0.5) is 5.82 Å². The number of carbonyl (C=O) groups is 1. The van der Waals surface area contributed by atoms with Crippen LogP contribution in [-0.2, 0) is 13.0 Å². The second kappa shape index (κ2) is 5.54. The van der Waals surface area contributed by atoms with Gasteiger partial charge >= 0.3 is 5.97 Å². The summed E-state index contributed by atoms with van der Waals surface area (Å²) in [5, 5.41) is 20.1. The molecule has 6 nitrogen and oxygen atoms in total. The summed E-state index contributed by atoms with van der Waals surface area (Å²) < 4.78 is 0. The molecule has 2 heterocycles. The maximum Gasteiger partial charge on any atom is 0.356 e. The fourth-order valence-corrected chi connectivity index (χ4v) is 2.10. The Balaban J connectivity index is 1.95. The molecule has 0 radical (unpaired) electrons. The van der Waals surface area contributed by atoms with E-state index < -0.39 is 5.97 Å². The topological polar surface area (TPSA) is 88.0 Å². The number of rotatable bonds is 5. The first kappa shape index (κ1) is 12.4. The molecule has 0 saturated carbocycles. The summed E-state index contributed by atoms with van der Waals surface area (Å²) in [6.45, 7) is 2.65. The SMILES string of the molecule is CCc1cnc(CNc2ccc(C(=O)O)nn2)s1. The van der Waals surface area contributed by atoms with Gasteiger partial charge < -0.3 is 10.4 Å². The van der Waals surface area contributed by atoms with E-state index in [1.165, 1.54) is 10.9 Å². The summed E-state index contributed by atoms with van der Waals surface area (Å²) in [6, 6.07) is 3.00. The number of aromatic nitrogens is 3. The summed E-state index contributed by atoms with van der Waals surface area (Å²) in [5.41, 5.74) is -0.0666. The molecule has 2 N–H and O–H groups in total. The van der Waals surface area contributed by atoms with Crippen LogP contribution in [0.25, 0.3) is 0 Å². The van der Waals surface area contributed by atoms with Crippen LogP contribution in [-0.4, -0.2) is 26.3 Å². The zero-order chi connectivity index (χ0) is 13.0. The lowest BCUT2D eigenvalue weighted by Crippen LogP contribution is -2.05. The van der Waals surface area contributed by atoms with Crippen LogP contribution in [0.1, 0.15) is 27.3 Å². The molecule has 0 saturated heterocycles. The fourth-order valence-electron chi connectivity index (χ4n) is 1.30. The van der Waals surface area contributed by atoms with Crippen LogP contribution in [0.3, 0.4) is 0 Å². The Labute approximate surface area is 108 Å². The van der Waals surface area contributed by atoms with E-state index in [0.29, 0.717) is 12.4 Å². The first-order valence-electron chi connectivity index (χ1n) is 5.43. The van der Waals surface area contributed by atoms with Crippen molar-refractivity contribution >= 4 is 23.1 Å². The van der Waals surface area contributed by atoms with E-state index in [1.54, 1.807) is 17.4 Å². The standard InChI is InChI=1S/C11H12N4O2S/c1-2-7-5-13-10(18-7)6-12-9-4-3-8(11(16)17)14-15-9/h3-5H,2,6H2,1H3,(H,12,15)(H,16,17). The van der Waals surface area contributed by atoms with E-state index in [4.69, 9.17) is 5.11 Å². The minimum absolute atomic E-state index is 0.0666. The van der Waals surface area contributed by atoms with Crippen LogP contribution in [0.5, 0.6) is 0 Å². The minimum Gasteiger partial charge on any atom is -0.476 e. The predicted molar refractivity (Wildman–Crippen MR) is 67.8 cm³/mol. The van der Waals surface area contributed by atoms with Crippen molar-refractivity contribution < 1.29 is 9.90 Å². The first-order valence-corrected chi connectivity index (χ1v) is 6.25. The van der Waals surface area contributed by atoms with Gasteiger partial charge in [-0.3, -0.25) is 0 Å². The van der Waals surface area contributed by atoms with Crippen molar-refractivity contribution in [2.45, 2.75) is 19.9 Å². The Kier molecular flexibility index (Phi) is 3.83. The number of anilines is 1. The molecule has 94 valence electrons. The van der Waals surface area contributed by atoms with Gasteiger partial charge in [0.05, 0.1) is 6.54 Å². The van der Waals surface area contributed by atoms with Crippen LogP contribution < -0.4 is 5.32 Å². The number of carboxylic acid groups (broad SMARTS) is 1. The lowest BCUT2D eigenvalue weighted by atomic mass is 10.4. The molecule has 2 aromatic heterocycles. The van der Waals surface area contributed by atoms with Crippen molar-refractivity contribution in [1.29, 1.82) is 0 Å². The molecule has 2 aromatic rings. The average molecular weight is 264 g/mol. The normalized spacial score (nSPS) is 10.3. The van der Waals surface area contributed by atoms with Gasteiger partial charge in [-0.05, 0) is 18.6 Å². The smallest absolute Gasteiger partial charge is 0.356 e. The quantitative estimate of drug-likeness (QED) is 0.856. The van der Waals surface area contributed by atoms with Crippen LogP contribution in [0, 0.1) is 0 Å². The van der Waals surface area contributed by atoms with Gasteiger partial charge in [-0.2, -0.15) is 0 Å². The molecule has 0 aliphatic heterocycles. The van der Waals surface area contributed by atoms with Gasteiger partial charge in [0, 0.05) is 11.1 Å². The van der Waals surface area contributed by atoms with Crippen molar-refractivity contribution in [3.8, 4) is 0 Å². The zero-order valence-electron chi connectivity index (χ0n) is 9.75. The lowest BCUT2D eigenvalue weighted by molar-refractivity contribution is 0.0689. The first-order chi connectivity index (χ1) is 8.69. The molecule has 0 aliphatic rings. The third kappa shape index (κ3) is 3.01. The molecule has 0 amide bonds. The van der Waals surface area contributed by atoms with E-state index in [1.807, 2.05) is 6.20 Å². The van der Waals surface area contributed by atoms with E-state index in [9.17, 15) is 4.79 Å². The number of carboxylic acids is 1. The number of hydrogen-bond donors (Lipinski definition) is 2. The van der Waals surface area contributed by atoms with Crippen molar-refractivity contribution in [2.24, 2.45) is 0 Å². The highest BCUT2D eigenvalue weighted by Crippen LogP contribution is 2.14. The number of thiazole rings is 1. The fraction of sp³-hybridized carbons (Fsp3) is 0.273. The predicted octanol–water partition coefficient (Wildman–Crippen LogP) is 1.81. The van der Waals surface area contributed by atoms with Crippen LogP contribution in [0.2, 0.25) is 0 Å². The average Bonchev–Trinajstić information content (AvgIpc) is 2.85. The number of nitrogens with one attached hydrogen (secondary N) is 1. The van der Waals surface area contributed by atoms with Crippen molar-refractivity contribution in [3.63, 3.8) is 0 Å². The molecular weight excluding hydrogens is 252 g/mol. The maximum atomic E-state index is 10.6. The molecule has 0 fully saturated rings. The highest BCUT2D eigenvalue weighted by atomic mass is 32.1. The van der Waals surface area contributed by atoms with E-state index in [2.05, 4.69) is 27.4 Å². The highest BCUT2D eigenvalue weighted by molar-refractivity contribution is 7.11. The van der Waals surface area contributed by atoms with Gasteiger partial charge in [0.25, 0.3) is 0 Å². The van der Waals surface area contributed by atoms with Gasteiger partial charge in [0.15, 0.2) is 5.69 Å². The molecule has 0 spiro atoms. The van der Waals surface area contributed by atoms with Crippen molar-refractivity contribution in [2.75, 3.05) is 5.32 Å². The van der Waals surface area contributed by atoms with E-state index in [0.717, 1.165) is 11.4 Å². The second-order valence-electron chi connectivity index (χ2n) is 3.54. The summed E-state index contributed by atoms with van der Waals surface area (Å²) in [7, 11) is 0. The van der Waals surface area contributed by atoms with Crippen LogP contribution >= 0.6 is 11.3 Å². The number of hydrogen-bond acceptors (Lipinski definition) is 6. The molecule has 7 heteroatoms. The highest BCUT2D eigenvalue weighted by Gasteiger charge is 2.05. The van der Waals surface area contributed by atoms with E-state index >= 15 is 0 Å². The molecule has 0 aromatic carbocycles. The Morgan fingerprint density at radius 2 is 2.28 bits per heavy atom. The summed E-state index contributed by atoms with van der Waals surface area (Å²) in [6.07, 6.45) is 2.84. The Morgan fingerprint density at radius 3 is 2.83 bits per heavy atom. The second-order valence-corrected chi connectivity index (χ2v) is 4.74. The summed E-state index contributed by atoms with van der Waals surface area (Å²) >= 11 is 1.64. The summed E-state index contributed by atoms with van der Waals surface area (Å²) in [5.74, 6) is -0.546. The monoisotopic (exact) mass is 264 g/mol. The lowest BCUT2D eigenvalue weighted by Gasteiger charge is -2.01. The number of aromatic carboxylic acids is 1. The molecule has 0 bridgehead atoms. The maximum absolute atomic E-state index is 10.6. The summed E-state index contributed by atoms with van der Waals surface area (Å²) in [4.78, 5) is 16.1. The van der Waals surface area contributed by atoms with Crippen LogP contribution in [0.15, 0.2) is 18.3 Å². The third-order valence-electron chi connectivity index (χ3n) is 2.25. The van der Waals surface area contributed by atoms with Gasteiger partial charge in [-0.1, -0.05) is 6.92 Å². The molecular formula is C11H12N4O2S. The van der Waals surface area contributed by atoms with Gasteiger partial charge in [0.2, 0.25) is 0 Å². The van der Waals surface area contributed by atoms with Gasteiger partial charge in [-0.25, -0.2) is 9.78 Å². The third-order valence-corrected chi connectivity index (χ3v) is 3.40. The van der Waals surface area contributed by atoms with E-state index in [-0.39, 0.29) is 5.69 Å². The Bertz CT molecular complexity index is 538. The number of aryl methyl sites for hydroxylation is 1. The number of nitrogens with zero attached hydrogens (tertiary/aromatic N) is 3. The zero-order valence-corrected chi connectivity index (χ0v) is 10.6. The Morgan fingerprint density at radius 1 is 1.44 bits per heavy atom. The largest absolute Gasteiger partial charge is 0.476 e. The molecule has 0 atom stereocenters. The molecule has 2 rings (SSSR count). The molecule has 18 heavy (non-hydrogen) atoms. The Hall–Kier alpha value is -2.02. The van der Waals surface area contributed by atoms with Gasteiger partial charge in [-0.15, -0.1) is 21.5 Å². The van der Waals surface area contributed by atoms with Gasteiger partial charge in [0.1, 0.15) is 10.8 Å². The van der Waals surface area contributed by atoms with Crippen molar-refractivity contribution in [3.05, 3.63) is 33.9 Å².